The van der Waals surface area contributed by atoms with Gasteiger partial charge in [-0.3, -0.25) is 4.98 Å². The summed E-state index contributed by atoms with van der Waals surface area (Å²) in [6, 6.07) is 10.2. The molecule has 0 atom stereocenters. The van der Waals surface area contributed by atoms with E-state index in [9.17, 15) is 0 Å². The first kappa shape index (κ1) is 16.9. The third kappa shape index (κ3) is 2.81. The summed E-state index contributed by atoms with van der Waals surface area (Å²) in [5.41, 5.74) is 6.85. The van der Waals surface area contributed by atoms with Crippen LogP contribution in [0.2, 0.25) is 0 Å². The van der Waals surface area contributed by atoms with Crippen molar-refractivity contribution in [3.63, 3.8) is 0 Å². The number of nitrogens with zero attached hydrogens (tertiary/aromatic N) is 5. The highest BCUT2D eigenvalue weighted by atomic mass is 15.1. The van der Waals surface area contributed by atoms with Crippen molar-refractivity contribution in [2.75, 3.05) is 5.32 Å². The normalized spacial score (nSPS) is 13.1. The fraction of sp³-hybridized carbons (Fsp3) is 0.273. The van der Waals surface area contributed by atoms with Gasteiger partial charge >= 0.3 is 0 Å². The van der Waals surface area contributed by atoms with Gasteiger partial charge < -0.3 is 9.88 Å². The number of imidazole rings is 1. The molecule has 1 aliphatic carbocycles. The molecule has 140 valence electrons. The number of anilines is 1. The maximum Gasteiger partial charge on any atom is 0.161 e. The van der Waals surface area contributed by atoms with Gasteiger partial charge in [0.25, 0.3) is 0 Å². The van der Waals surface area contributed by atoms with Crippen molar-refractivity contribution < 1.29 is 0 Å². The Kier molecular flexibility index (Phi) is 4.04. The lowest BCUT2D eigenvalue weighted by molar-refractivity contribution is 0.828. The molecule has 0 amide bonds. The summed E-state index contributed by atoms with van der Waals surface area (Å²) >= 11 is 0. The van der Waals surface area contributed by atoms with Crippen molar-refractivity contribution in [2.24, 2.45) is 7.05 Å². The largest absolute Gasteiger partial charge is 0.362 e. The van der Waals surface area contributed by atoms with E-state index in [1.807, 2.05) is 12.1 Å². The zero-order chi connectivity index (χ0) is 19.1. The highest BCUT2D eigenvalue weighted by Crippen LogP contribution is 2.29. The molecule has 0 saturated carbocycles. The van der Waals surface area contributed by atoms with E-state index >= 15 is 0 Å². The lowest BCUT2D eigenvalue weighted by Gasteiger charge is -2.12. The Morgan fingerprint density at radius 3 is 2.71 bits per heavy atom. The van der Waals surface area contributed by atoms with E-state index in [4.69, 9.17) is 15.0 Å². The highest BCUT2D eigenvalue weighted by Gasteiger charge is 2.20. The van der Waals surface area contributed by atoms with Gasteiger partial charge in [0, 0.05) is 36.3 Å². The fourth-order valence-electron chi connectivity index (χ4n) is 4.04. The van der Waals surface area contributed by atoms with Crippen LogP contribution in [0.15, 0.2) is 42.7 Å². The number of aromatic nitrogens is 5. The lowest BCUT2D eigenvalue weighted by Crippen LogP contribution is -2.10. The molecule has 6 heteroatoms. The van der Waals surface area contributed by atoms with Gasteiger partial charge in [-0.25, -0.2) is 15.0 Å². The van der Waals surface area contributed by atoms with Gasteiger partial charge in [-0.05, 0) is 49.9 Å². The Bertz CT molecular complexity index is 1160. The molecule has 1 aromatic carbocycles. The van der Waals surface area contributed by atoms with Crippen LogP contribution in [0.5, 0.6) is 0 Å². The van der Waals surface area contributed by atoms with Gasteiger partial charge in [-0.2, -0.15) is 0 Å². The van der Waals surface area contributed by atoms with E-state index < -0.39 is 0 Å². The van der Waals surface area contributed by atoms with Crippen molar-refractivity contribution in [3.8, 4) is 11.4 Å². The molecule has 0 aliphatic heterocycles. The van der Waals surface area contributed by atoms with Gasteiger partial charge in [-0.15, -0.1) is 0 Å². The van der Waals surface area contributed by atoms with E-state index in [1.165, 1.54) is 16.6 Å². The molecule has 6 nitrogen and oxygen atoms in total. The third-order valence-electron chi connectivity index (χ3n) is 5.47. The van der Waals surface area contributed by atoms with Crippen molar-refractivity contribution in [1.29, 1.82) is 0 Å². The number of benzene rings is 1. The molecule has 4 aromatic rings. The number of rotatable bonds is 4. The average Bonchev–Trinajstić information content (AvgIpc) is 3.32. The van der Waals surface area contributed by atoms with Crippen LogP contribution in [0.3, 0.4) is 0 Å². The van der Waals surface area contributed by atoms with Gasteiger partial charge in [0.2, 0.25) is 0 Å². The molecule has 0 spiro atoms. The minimum atomic E-state index is 0.629. The summed E-state index contributed by atoms with van der Waals surface area (Å²) < 4.78 is 2.17. The molecule has 5 rings (SSSR count). The van der Waals surface area contributed by atoms with Crippen LogP contribution in [0.25, 0.3) is 22.4 Å². The minimum Gasteiger partial charge on any atom is -0.362 e. The molecular weight excluding hydrogens is 348 g/mol. The topological polar surface area (TPSA) is 68.5 Å². The quantitative estimate of drug-likeness (QED) is 0.591. The molecule has 0 radical (unpaired) electrons. The van der Waals surface area contributed by atoms with Gasteiger partial charge in [0.05, 0.1) is 17.6 Å². The maximum absolute atomic E-state index is 4.84. The van der Waals surface area contributed by atoms with E-state index in [2.05, 4.69) is 47.0 Å². The second-order valence-corrected chi connectivity index (χ2v) is 7.29. The standard InChI is InChI=1S/C22H22N6/c1-14-5-3-8-18-20(14)28(2)19(25-18)13-24-22-16-6-4-7-17(16)26-21(27-22)15-9-11-23-12-10-15/h3,5,8-12H,4,6-7,13H2,1-2H3,(H,24,26,27). The zero-order valence-corrected chi connectivity index (χ0v) is 16.1. The lowest BCUT2D eigenvalue weighted by atomic mass is 10.2. The smallest absolute Gasteiger partial charge is 0.161 e. The van der Waals surface area contributed by atoms with Crippen LogP contribution in [-0.4, -0.2) is 24.5 Å². The molecule has 3 aromatic heterocycles. The first-order valence-electron chi connectivity index (χ1n) is 9.65. The van der Waals surface area contributed by atoms with E-state index in [-0.39, 0.29) is 0 Å². The number of hydrogen-bond acceptors (Lipinski definition) is 5. The van der Waals surface area contributed by atoms with Crippen molar-refractivity contribution in [3.05, 3.63) is 65.4 Å². The number of nitrogens with one attached hydrogen (secondary N) is 1. The molecule has 28 heavy (non-hydrogen) atoms. The van der Waals surface area contributed by atoms with E-state index in [1.54, 1.807) is 12.4 Å². The van der Waals surface area contributed by atoms with E-state index in [0.717, 1.165) is 53.5 Å². The number of pyridine rings is 1. The average molecular weight is 370 g/mol. The van der Waals surface area contributed by atoms with Crippen LogP contribution in [0.1, 0.15) is 29.1 Å². The van der Waals surface area contributed by atoms with Gasteiger partial charge in [-0.1, -0.05) is 12.1 Å². The predicted octanol–water partition coefficient (Wildman–Crippen LogP) is 3.83. The molecule has 0 fully saturated rings. The molecule has 3 heterocycles. The summed E-state index contributed by atoms with van der Waals surface area (Å²) in [4.78, 5) is 18.6. The number of hydrogen-bond donors (Lipinski definition) is 1. The van der Waals surface area contributed by atoms with Gasteiger partial charge in [0.15, 0.2) is 5.82 Å². The summed E-state index contributed by atoms with van der Waals surface area (Å²) in [6.07, 6.45) is 6.72. The summed E-state index contributed by atoms with van der Waals surface area (Å²) in [5, 5.41) is 3.54. The Balaban J connectivity index is 1.50. The monoisotopic (exact) mass is 370 g/mol. The van der Waals surface area contributed by atoms with Crippen LogP contribution in [0.4, 0.5) is 5.82 Å². The minimum absolute atomic E-state index is 0.629. The summed E-state index contributed by atoms with van der Waals surface area (Å²) in [6.45, 7) is 2.75. The second kappa shape index (κ2) is 6.71. The first-order chi connectivity index (χ1) is 13.7. The Morgan fingerprint density at radius 2 is 1.89 bits per heavy atom. The summed E-state index contributed by atoms with van der Waals surface area (Å²) in [5.74, 6) is 2.68. The summed E-state index contributed by atoms with van der Waals surface area (Å²) in [7, 11) is 2.08. The molecule has 0 bridgehead atoms. The number of aryl methyl sites for hydroxylation is 3. The van der Waals surface area contributed by atoms with E-state index in [0.29, 0.717) is 6.54 Å². The zero-order valence-electron chi connectivity index (χ0n) is 16.1. The molecular formula is C22H22N6. The maximum atomic E-state index is 4.84. The Hall–Kier alpha value is -3.28. The van der Waals surface area contributed by atoms with Crippen molar-refractivity contribution in [2.45, 2.75) is 32.7 Å². The number of para-hydroxylation sites is 1. The highest BCUT2D eigenvalue weighted by molar-refractivity contribution is 5.79. The van der Waals surface area contributed by atoms with Crippen LogP contribution >= 0.6 is 0 Å². The fourth-order valence-corrected chi connectivity index (χ4v) is 4.04. The first-order valence-corrected chi connectivity index (χ1v) is 9.65. The van der Waals surface area contributed by atoms with Crippen LogP contribution in [0, 0.1) is 6.92 Å². The van der Waals surface area contributed by atoms with Crippen LogP contribution < -0.4 is 5.32 Å². The van der Waals surface area contributed by atoms with Crippen LogP contribution in [-0.2, 0) is 26.4 Å². The predicted molar refractivity (Wildman–Crippen MR) is 110 cm³/mol. The Labute approximate surface area is 163 Å². The second-order valence-electron chi connectivity index (χ2n) is 7.29. The molecule has 1 N–H and O–H groups in total. The SMILES string of the molecule is Cc1cccc2nc(CNc3nc(-c4ccncc4)nc4c3CCC4)n(C)c12. The molecule has 0 unspecified atom stereocenters. The van der Waals surface area contributed by atoms with Crippen molar-refractivity contribution >= 4 is 16.9 Å². The third-order valence-corrected chi connectivity index (χ3v) is 5.47. The molecule has 1 aliphatic rings. The van der Waals surface area contributed by atoms with Gasteiger partial charge in [0.1, 0.15) is 11.6 Å². The Morgan fingerprint density at radius 1 is 1.04 bits per heavy atom. The number of fused-ring (bicyclic) bond motifs is 2. The molecule has 0 saturated heterocycles. The van der Waals surface area contributed by atoms with Crippen molar-refractivity contribution in [1.82, 2.24) is 24.5 Å².